The third-order valence-electron chi connectivity index (χ3n) is 6.75. The van der Waals surface area contributed by atoms with Crippen molar-refractivity contribution in [3.8, 4) is 5.69 Å². The normalized spacial score (nSPS) is 17.1. The Bertz CT molecular complexity index is 1460. The van der Waals surface area contributed by atoms with Crippen molar-refractivity contribution >= 4 is 34.9 Å². The van der Waals surface area contributed by atoms with Crippen LogP contribution >= 0.6 is 12.0 Å². The summed E-state index contributed by atoms with van der Waals surface area (Å²) in [5, 5.41) is 15.6. The van der Waals surface area contributed by atoms with Gasteiger partial charge in [0.25, 0.3) is 5.69 Å². The zero-order chi connectivity index (χ0) is 26.1. The van der Waals surface area contributed by atoms with Crippen molar-refractivity contribution in [3.05, 3.63) is 101 Å². The van der Waals surface area contributed by atoms with Crippen molar-refractivity contribution in [2.75, 3.05) is 29.4 Å². The number of hydrogen-bond acceptors (Lipinski definition) is 9. The monoisotopic (exact) mass is 527 g/mol. The fourth-order valence-corrected chi connectivity index (χ4v) is 5.38. The van der Waals surface area contributed by atoms with Crippen molar-refractivity contribution in [2.45, 2.75) is 23.8 Å². The lowest BCUT2D eigenvalue weighted by atomic mass is 10.0. The largest absolute Gasteiger partial charge is 0.354 e. The lowest BCUT2D eigenvalue weighted by Crippen LogP contribution is -2.28. The molecule has 0 amide bonds. The lowest BCUT2D eigenvalue weighted by Gasteiger charge is -2.29. The summed E-state index contributed by atoms with van der Waals surface area (Å²) in [5.74, 6) is 0.893. The second-order valence-corrected chi connectivity index (χ2v) is 9.99. The third-order valence-corrected chi connectivity index (χ3v) is 7.58. The molecule has 1 atom stereocenters. The number of nitro groups is 1. The van der Waals surface area contributed by atoms with Crippen LogP contribution in [0.25, 0.3) is 11.4 Å². The van der Waals surface area contributed by atoms with Crippen LogP contribution in [-0.2, 0) is 10.6 Å². The van der Waals surface area contributed by atoms with E-state index in [0.29, 0.717) is 0 Å². The number of pyridine rings is 2. The molecule has 1 saturated heterocycles. The summed E-state index contributed by atoms with van der Waals surface area (Å²) in [5.41, 5.74) is 4.98. The van der Waals surface area contributed by atoms with Crippen molar-refractivity contribution < 1.29 is 9.11 Å². The van der Waals surface area contributed by atoms with Gasteiger partial charge in [-0.3, -0.25) is 15.1 Å². The fourth-order valence-electron chi connectivity index (χ4n) is 4.73. The highest BCUT2D eigenvalue weighted by molar-refractivity contribution is 7.94. The summed E-state index contributed by atoms with van der Waals surface area (Å²) in [6, 6.07) is 14.4. The minimum absolute atomic E-state index is 0.0447. The van der Waals surface area contributed by atoms with Crippen LogP contribution in [0, 0.1) is 10.1 Å². The number of nitro benzene ring substituents is 1. The molecule has 5 heterocycles. The summed E-state index contributed by atoms with van der Waals surface area (Å²) in [7, 11) is 0. The van der Waals surface area contributed by atoms with E-state index in [1.165, 1.54) is 24.2 Å². The smallest absolute Gasteiger partial charge is 0.269 e. The first-order valence-corrected chi connectivity index (χ1v) is 13.0. The first-order valence-electron chi connectivity index (χ1n) is 12.3. The van der Waals surface area contributed by atoms with Gasteiger partial charge in [0.15, 0.2) is 0 Å². The van der Waals surface area contributed by atoms with Crippen LogP contribution in [0.1, 0.15) is 17.7 Å². The van der Waals surface area contributed by atoms with E-state index in [4.69, 9.17) is 14.3 Å². The van der Waals surface area contributed by atoms with Gasteiger partial charge in [0.2, 0.25) is 0 Å². The van der Waals surface area contributed by atoms with Gasteiger partial charge in [-0.15, -0.1) is 0 Å². The molecule has 192 valence electrons. The molecule has 0 bridgehead atoms. The molecule has 10 nitrogen and oxygen atoms in total. The Hall–Kier alpha value is -4.22. The quantitative estimate of drug-likeness (QED) is 0.188. The first kappa shape index (κ1) is 24.1. The zero-order valence-corrected chi connectivity index (χ0v) is 21.3. The predicted molar refractivity (Wildman–Crippen MR) is 146 cm³/mol. The van der Waals surface area contributed by atoms with E-state index in [2.05, 4.69) is 21.4 Å². The number of non-ortho nitro benzene ring substituents is 1. The molecule has 6 rings (SSSR count). The molecule has 1 fully saturated rings. The molecule has 1 unspecified atom stereocenters. The maximum absolute atomic E-state index is 10.8. The van der Waals surface area contributed by atoms with Crippen molar-refractivity contribution in [1.29, 1.82) is 0 Å². The van der Waals surface area contributed by atoms with Gasteiger partial charge in [0, 0.05) is 78.8 Å². The van der Waals surface area contributed by atoms with E-state index in [0.717, 1.165) is 71.5 Å². The molecule has 1 aromatic carbocycles. The molecule has 11 heteroatoms. The Labute approximate surface area is 223 Å². The number of nitrogens with zero attached hydrogens (tertiary/aromatic N) is 7. The van der Waals surface area contributed by atoms with Gasteiger partial charge in [0.1, 0.15) is 5.82 Å². The molecular weight excluding hydrogens is 502 g/mol. The van der Waals surface area contributed by atoms with E-state index >= 15 is 0 Å². The van der Waals surface area contributed by atoms with Gasteiger partial charge in [-0.05, 0) is 42.8 Å². The number of benzene rings is 1. The number of aromatic nitrogens is 4. The molecule has 3 aromatic heterocycles. The Morgan fingerprint density at radius 3 is 2.68 bits per heavy atom. The zero-order valence-electron chi connectivity index (χ0n) is 20.5. The summed E-state index contributed by atoms with van der Waals surface area (Å²) in [6.07, 6.45) is 9.24. The maximum Gasteiger partial charge on any atom is 0.269 e. The van der Waals surface area contributed by atoms with Gasteiger partial charge < -0.3 is 14.0 Å². The standard InChI is InChI=1S/C27H25N7O3S/c1-19-25-18-33(30-26(25)11-14-32(19)21-3-2-12-28-15-21)22-6-9-27(29-16-22)31-13-10-23(17-31)37-38-24-7-4-20(5-8-24)34(35)36/h2-9,12,15-16,18,23H,1,10-11,13-14,17H2. The van der Waals surface area contributed by atoms with Crippen LogP contribution in [0.4, 0.5) is 17.2 Å². The highest BCUT2D eigenvalue weighted by Gasteiger charge is 2.26. The molecular formula is C27H25N7O3S. The molecule has 2 aliphatic rings. The van der Waals surface area contributed by atoms with Crippen LogP contribution < -0.4 is 9.80 Å². The first-order chi connectivity index (χ1) is 18.5. The van der Waals surface area contributed by atoms with E-state index in [9.17, 15) is 10.1 Å². The third kappa shape index (κ3) is 4.85. The highest BCUT2D eigenvalue weighted by atomic mass is 32.2. The number of fused-ring (bicyclic) bond motifs is 1. The number of hydrogen-bond donors (Lipinski definition) is 0. The summed E-state index contributed by atoms with van der Waals surface area (Å²) in [6.45, 7) is 6.71. The van der Waals surface area contributed by atoms with Crippen LogP contribution in [-0.4, -0.2) is 50.4 Å². The predicted octanol–water partition coefficient (Wildman–Crippen LogP) is 4.91. The number of rotatable bonds is 7. The van der Waals surface area contributed by atoms with Crippen molar-refractivity contribution in [1.82, 2.24) is 19.7 Å². The van der Waals surface area contributed by atoms with Gasteiger partial charge in [-0.25, -0.2) is 9.67 Å². The second kappa shape index (κ2) is 10.3. The fraction of sp³-hybridized carbons (Fsp3) is 0.222. The van der Waals surface area contributed by atoms with Crippen LogP contribution in [0.3, 0.4) is 0 Å². The van der Waals surface area contributed by atoms with Crippen molar-refractivity contribution in [3.63, 3.8) is 0 Å². The highest BCUT2D eigenvalue weighted by Crippen LogP contribution is 2.32. The molecule has 0 aliphatic carbocycles. The Morgan fingerprint density at radius 2 is 1.95 bits per heavy atom. The molecule has 0 N–H and O–H groups in total. The minimum Gasteiger partial charge on any atom is -0.354 e. The molecule has 2 aliphatic heterocycles. The SMILES string of the molecule is C=C1c2cn(-c3ccc(N4CCC(OSc5ccc([N+](=O)[O-])cc5)C4)nc3)nc2CCN1c1cccnc1. The Balaban J connectivity index is 1.08. The van der Waals surface area contributed by atoms with Crippen LogP contribution in [0.2, 0.25) is 0 Å². The molecule has 0 spiro atoms. The maximum atomic E-state index is 10.8. The van der Waals surface area contributed by atoms with E-state index in [1.807, 2.05) is 47.5 Å². The van der Waals surface area contributed by atoms with Gasteiger partial charge in [0.05, 0.1) is 40.5 Å². The molecule has 0 radical (unpaired) electrons. The topological polar surface area (TPSA) is 102 Å². The number of anilines is 2. The van der Waals surface area contributed by atoms with Gasteiger partial charge >= 0.3 is 0 Å². The van der Waals surface area contributed by atoms with E-state index < -0.39 is 4.92 Å². The summed E-state index contributed by atoms with van der Waals surface area (Å²) >= 11 is 1.25. The Morgan fingerprint density at radius 1 is 1.08 bits per heavy atom. The van der Waals surface area contributed by atoms with E-state index in [-0.39, 0.29) is 11.8 Å². The van der Waals surface area contributed by atoms with Gasteiger partial charge in [-0.1, -0.05) is 6.58 Å². The van der Waals surface area contributed by atoms with E-state index in [1.54, 1.807) is 18.3 Å². The summed E-state index contributed by atoms with van der Waals surface area (Å²) in [4.78, 5) is 24.6. The average Bonchev–Trinajstić information content (AvgIpc) is 3.61. The van der Waals surface area contributed by atoms with Crippen LogP contribution in [0.15, 0.2) is 84.8 Å². The molecule has 38 heavy (non-hydrogen) atoms. The van der Waals surface area contributed by atoms with Crippen LogP contribution in [0.5, 0.6) is 0 Å². The minimum atomic E-state index is -0.406. The molecule has 4 aromatic rings. The lowest BCUT2D eigenvalue weighted by molar-refractivity contribution is -0.384. The van der Waals surface area contributed by atoms with Gasteiger partial charge in [-0.2, -0.15) is 5.10 Å². The van der Waals surface area contributed by atoms with Crippen molar-refractivity contribution in [2.24, 2.45) is 0 Å². The summed E-state index contributed by atoms with van der Waals surface area (Å²) < 4.78 is 7.85. The molecule has 0 saturated carbocycles. The average molecular weight is 528 g/mol. The second-order valence-electron chi connectivity index (χ2n) is 9.16. The Kier molecular flexibility index (Phi) is 6.52.